The summed E-state index contributed by atoms with van der Waals surface area (Å²) in [5, 5.41) is 18.5. The van der Waals surface area contributed by atoms with E-state index in [1.165, 1.54) is 22.4 Å². The number of carbonyl (C=O) groups excluding carboxylic acids is 2. The second-order valence-corrected chi connectivity index (χ2v) is 14.2. The van der Waals surface area contributed by atoms with Gasteiger partial charge in [-0.3, -0.25) is 14.4 Å². The average Bonchev–Trinajstić information content (AvgIpc) is 3.79. The standard InChI is InChI=1S/C39H48N4O5/c1-2-26-15-16-34-30(22-26)32(24-39(48-34)18-9-19-39)40-20-17-31(36(45)27-10-4-3-5-11-27)41-37(46)28-23-33(42-21-8-14-35(42)44)38(47)43(25-28)29-12-6-7-13-29/h3-5,10-11,15-16,22-23,25,29,31-32,36,40,45H,2,6-9,12-14,17-21,24H2,1H3,(H,41,46)/t31-,32?,36-/m1/s1. The first-order valence-corrected chi connectivity index (χ1v) is 18.0. The molecule has 7 rings (SSSR count). The van der Waals surface area contributed by atoms with E-state index >= 15 is 0 Å². The molecule has 9 heteroatoms. The van der Waals surface area contributed by atoms with Gasteiger partial charge in [0.1, 0.15) is 17.0 Å². The van der Waals surface area contributed by atoms with Crippen LogP contribution in [0, 0.1) is 0 Å². The lowest BCUT2D eigenvalue weighted by molar-refractivity contribution is -0.117. The van der Waals surface area contributed by atoms with Crippen molar-refractivity contribution in [1.29, 1.82) is 0 Å². The molecule has 2 aliphatic heterocycles. The molecule has 3 heterocycles. The van der Waals surface area contributed by atoms with Gasteiger partial charge in [-0.1, -0.05) is 62.2 Å². The fraction of sp³-hybridized carbons (Fsp3) is 0.513. The Balaban J connectivity index is 1.14. The average molecular weight is 653 g/mol. The van der Waals surface area contributed by atoms with Crippen molar-refractivity contribution in [3.63, 3.8) is 0 Å². The van der Waals surface area contributed by atoms with Crippen LogP contribution in [0.25, 0.3) is 0 Å². The number of benzene rings is 2. The number of nitrogens with zero attached hydrogens (tertiary/aromatic N) is 2. The van der Waals surface area contributed by atoms with Crippen molar-refractivity contribution in [3.05, 3.63) is 93.4 Å². The Bertz CT molecular complexity index is 1690. The highest BCUT2D eigenvalue weighted by Gasteiger charge is 2.45. The number of aliphatic hydroxyl groups excluding tert-OH is 1. The number of aromatic nitrogens is 1. The van der Waals surface area contributed by atoms with Gasteiger partial charge >= 0.3 is 0 Å². The van der Waals surface area contributed by atoms with E-state index in [0.717, 1.165) is 62.7 Å². The molecule has 1 aromatic heterocycles. The summed E-state index contributed by atoms with van der Waals surface area (Å²) in [4.78, 5) is 42.0. The molecular formula is C39H48N4O5. The number of pyridine rings is 1. The number of hydrogen-bond acceptors (Lipinski definition) is 6. The number of aliphatic hydroxyl groups is 1. The molecule has 0 bridgehead atoms. The number of nitrogens with one attached hydrogen (secondary N) is 2. The lowest BCUT2D eigenvalue weighted by Gasteiger charge is -2.48. The summed E-state index contributed by atoms with van der Waals surface area (Å²) in [7, 11) is 0. The Morgan fingerprint density at radius 3 is 2.52 bits per heavy atom. The monoisotopic (exact) mass is 652 g/mol. The molecule has 2 saturated carbocycles. The molecule has 3 atom stereocenters. The molecule has 2 aliphatic carbocycles. The zero-order chi connectivity index (χ0) is 33.3. The summed E-state index contributed by atoms with van der Waals surface area (Å²) < 4.78 is 8.21. The van der Waals surface area contributed by atoms with Crippen LogP contribution >= 0.6 is 0 Å². The van der Waals surface area contributed by atoms with Crippen LogP contribution < -0.4 is 25.8 Å². The highest BCUT2D eigenvalue weighted by atomic mass is 16.5. The maximum Gasteiger partial charge on any atom is 0.274 e. The van der Waals surface area contributed by atoms with Gasteiger partial charge < -0.3 is 29.9 Å². The Morgan fingerprint density at radius 2 is 1.83 bits per heavy atom. The minimum Gasteiger partial charge on any atom is -0.487 e. The van der Waals surface area contributed by atoms with Gasteiger partial charge in [-0.15, -0.1) is 0 Å². The van der Waals surface area contributed by atoms with Crippen LogP contribution in [0.2, 0.25) is 0 Å². The molecule has 1 saturated heterocycles. The Hall–Kier alpha value is -3.95. The van der Waals surface area contributed by atoms with E-state index in [-0.39, 0.29) is 40.7 Å². The molecule has 2 amide bonds. The van der Waals surface area contributed by atoms with Gasteiger partial charge in [-0.2, -0.15) is 0 Å². The third kappa shape index (κ3) is 6.54. The van der Waals surface area contributed by atoms with Gasteiger partial charge in [-0.25, -0.2) is 0 Å². The van der Waals surface area contributed by atoms with E-state index in [2.05, 4.69) is 35.8 Å². The molecule has 1 spiro atoms. The maximum absolute atomic E-state index is 14.1. The van der Waals surface area contributed by atoms with Crippen molar-refractivity contribution in [2.75, 3.05) is 18.0 Å². The molecule has 3 aromatic rings. The Labute approximate surface area is 282 Å². The lowest BCUT2D eigenvalue weighted by Crippen LogP contribution is -2.49. The Kier molecular flexibility index (Phi) is 9.43. The zero-order valence-electron chi connectivity index (χ0n) is 28.0. The zero-order valence-corrected chi connectivity index (χ0v) is 28.0. The number of carbonyl (C=O) groups is 2. The molecule has 0 radical (unpaired) electrons. The minimum absolute atomic E-state index is 0.00569. The van der Waals surface area contributed by atoms with E-state index < -0.39 is 12.1 Å². The van der Waals surface area contributed by atoms with Crippen molar-refractivity contribution in [2.45, 2.75) is 114 Å². The summed E-state index contributed by atoms with van der Waals surface area (Å²) in [5.74, 6) is 0.497. The molecule has 48 heavy (non-hydrogen) atoms. The highest BCUT2D eigenvalue weighted by molar-refractivity contribution is 5.98. The molecule has 4 aliphatic rings. The summed E-state index contributed by atoms with van der Waals surface area (Å²) in [5.41, 5.74) is 3.43. The first-order valence-electron chi connectivity index (χ1n) is 18.0. The van der Waals surface area contributed by atoms with Crippen molar-refractivity contribution in [2.24, 2.45) is 0 Å². The predicted molar refractivity (Wildman–Crippen MR) is 185 cm³/mol. The molecule has 254 valence electrons. The molecular weight excluding hydrogens is 604 g/mol. The van der Waals surface area contributed by atoms with Crippen LogP contribution in [0.3, 0.4) is 0 Å². The van der Waals surface area contributed by atoms with Crippen LogP contribution in [0.5, 0.6) is 5.75 Å². The van der Waals surface area contributed by atoms with Crippen LogP contribution in [-0.2, 0) is 11.2 Å². The van der Waals surface area contributed by atoms with Gasteiger partial charge in [0.25, 0.3) is 11.5 Å². The molecule has 3 fully saturated rings. The number of hydrogen-bond donors (Lipinski definition) is 3. The third-order valence-electron chi connectivity index (χ3n) is 11.1. The summed E-state index contributed by atoms with van der Waals surface area (Å²) in [6.07, 6.45) is 11.2. The van der Waals surface area contributed by atoms with Gasteiger partial charge in [0.2, 0.25) is 5.91 Å². The SMILES string of the molecule is CCc1ccc2c(c1)C(NCC[C@@H](NC(=O)c1cc(N3CCCC3=O)c(=O)n(C3CCCC3)c1)[C@H](O)c1ccccc1)CC1(CCC1)O2. The van der Waals surface area contributed by atoms with E-state index in [1.54, 1.807) is 16.8 Å². The van der Waals surface area contributed by atoms with Gasteiger partial charge in [0, 0.05) is 43.2 Å². The number of ether oxygens (including phenoxy) is 1. The van der Waals surface area contributed by atoms with Crippen LogP contribution in [0.1, 0.15) is 123 Å². The summed E-state index contributed by atoms with van der Waals surface area (Å²) >= 11 is 0. The van der Waals surface area contributed by atoms with Crippen LogP contribution in [0.4, 0.5) is 5.69 Å². The van der Waals surface area contributed by atoms with Crippen LogP contribution in [0.15, 0.2) is 65.6 Å². The second kappa shape index (κ2) is 13.9. The normalized spacial score (nSPS) is 21.4. The van der Waals surface area contributed by atoms with Crippen molar-refractivity contribution < 1.29 is 19.4 Å². The predicted octanol–water partition coefficient (Wildman–Crippen LogP) is 5.91. The number of amides is 2. The number of aryl methyl sites for hydroxylation is 1. The highest BCUT2D eigenvalue weighted by Crippen LogP contribution is 2.49. The van der Waals surface area contributed by atoms with Crippen molar-refractivity contribution >= 4 is 17.5 Å². The van der Waals surface area contributed by atoms with Crippen LogP contribution in [-0.4, -0.2) is 46.2 Å². The fourth-order valence-corrected chi connectivity index (χ4v) is 8.12. The maximum atomic E-state index is 14.1. The Morgan fingerprint density at radius 1 is 1.04 bits per heavy atom. The first-order chi connectivity index (χ1) is 23.3. The summed E-state index contributed by atoms with van der Waals surface area (Å²) in [6.45, 7) is 3.20. The molecule has 3 N–H and O–H groups in total. The van der Waals surface area contributed by atoms with Gasteiger partial charge in [0.15, 0.2) is 0 Å². The van der Waals surface area contributed by atoms with E-state index in [9.17, 15) is 19.5 Å². The van der Waals surface area contributed by atoms with Crippen molar-refractivity contribution in [3.8, 4) is 5.75 Å². The number of rotatable bonds is 11. The van der Waals surface area contributed by atoms with E-state index in [0.29, 0.717) is 37.9 Å². The fourth-order valence-electron chi connectivity index (χ4n) is 8.12. The van der Waals surface area contributed by atoms with E-state index in [4.69, 9.17) is 4.74 Å². The quantitative estimate of drug-likeness (QED) is 0.238. The smallest absolute Gasteiger partial charge is 0.274 e. The van der Waals surface area contributed by atoms with Gasteiger partial charge in [-0.05, 0) is 81.2 Å². The lowest BCUT2D eigenvalue weighted by atomic mass is 9.72. The molecule has 9 nitrogen and oxygen atoms in total. The molecule has 1 unspecified atom stereocenters. The topological polar surface area (TPSA) is 113 Å². The van der Waals surface area contributed by atoms with E-state index in [1.807, 2.05) is 30.3 Å². The molecule has 2 aromatic carbocycles. The number of fused-ring (bicyclic) bond motifs is 1. The second-order valence-electron chi connectivity index (χ2n) is 14.2. The summed E-state index contributed by atoms with van der Waals surface area (Å²) in [6, 6.07) is 17.0. The number of anilines is 1. The van der Waals surface area contributed by atoms with Crippen molar-refractivity contribution in [1.82, 2.24) is 15.2 Å². The first kappa shape index (κ1) is 32.6. The minimum atomic E-state index is -0.941. The van der Waals surface area contributed by atoms with Gasteiger partial charge in [0.05, 0.1) is 17.7 Å². The third-order valence-corrected chi connectivity index (χ3v) is 11.1. The largest absolute Gasteiger partial charge is 0.487 e.